The first-order chi connectivity index (χ1) is 12.3. The topological polar surface area (TPSA) is 35.6 Å². The number of rotatable bonds is 5. The second-order valence-electron chi connectivity index (χ2n) is 8.06. The molecule has 1 N–H and O–H groups in total. The van der Waals surface area contributed by atoms with Crippen LogP contribution in [0, 0.1) is 11.8 Å². The van der Waals surface area contributed by atoms with E-state index in [0.717, 1.165) is 45.7 Å². The van der Waals surface area contributed by atoms with Gasteiger partial charge in [0.2, 0.25) is 5.91 Å². The van der Waals surface area contributed by atoms with Gasteiger partial charge in [-0.25, -0.2) is 0 Å². The van der Waals surface area contributed by atoms with Gasteiger partial charge in [0.05, 0.1) is 0 Å². The minimum absolute atomic E-state index is 0.271. The minimum Gasteiger partial charge on any atom is -0.353 e. The molecule has 25 heavy (non-hydrogen) atoms. The maximum Gasteiger partial charge on any atom is 0.223 e. The van der Waals surface area contributed by atoms with Crippen LogP contribution >= 0.6 is 0 Å². The van der Waals surface area contributed by atoms with Gasteiger partial charge in [-0.05, 0) is 37.3 Å². The van der Waals surface area contributed by atoms with Crippen LogP contribution in [0.2, 0.25) is 0 Å². The molecule has 0 radical (unpaired) electrons. The number of fused-ring (bicyclic) bond motifs is 1. The second kappa shape index (κ2) is 7.88. The normalized spacial score (nSPS) is 30.9. The first kappa shape index (κ1) is 17.0. The number of benzene rings is 1. The molecular formula is C21H31N3O. The van der Waals surface area contributed by atoms with Gasteiger partial charge >= 0.3 is 0 Å². The fourth-order valence-corrected chi connectivity index (χ4v) is 4.98. The van der Waals surface area contributed by atoms with E-state index < -0.39 is 0 Å². The summed E-state index contributed by atoms with van der Waals surface area (Å²) in [5, 5.41) is 3.26. The number of nitrogens with zero attached hydrogens (tertiary/aromatic N) is 2. The van der Waals surface area contributed by atoms with Gasteiger partial charge in [-0.15, -0.1) is 0 Å². The average molecular weight is 341 g/mol. The van der Waals surface area contributed by atoms with Gasteiger partial charge in [0.25, 0.3) is 0 Å². The number of amides is 1. The van der Waals surface area contributed by atoms with E-state index in [0.29, 0.717) is 17.9 Å². The molecule has 2 saturated heterocycles. The summed E-state index contributed by atoms with van der Waals surface area (Å²) in [4.78, 5) is 17.4. The molecule has 0 aromatic heterocycles. The Labute approximate surface area is 151 Å². The Balaban J connectivity index is 1.22. The second-order valence-corrected chi connectivity index (χ2v) is 8.06. The highest BCUT2D eigenvalue weighted by atomic mass is 16.2. The van der Waals surface area contributed by atoms with Gasteiger partial charge in [-0.2, -0.15) is 0 Å². The van der Waals surface area contributed by atoms with E-state index in [1.165, 1.54) is 31.2 Å². The largest absolute Gasteiger partial charge is 0.353 e. The van der Waals surface area contributed by atoms with E-state index >= 15 is 0 Å². The van der Waals surface area contributed by atoms with Gasteiger partial charge in [-0.1, -0.05) is 43.2 Å². The Morgan fingerprint density at radius 3 is 2.48 bits per heavy atom. The maximum atomic E-state index is 12.3. The molecule has 4 heteroatoms. The fourth-order valence-electron chi connectivity index (χ4n) is 4.98. The van der Waals surface area contributed by atoms with Crippen LogP contribution in [0.4, 0.5) is 0 Å². The van der Waals surface area contributed by atoms with Gasteiger partial charge < -0.3 is 10.2 Å². The van der Waals surface area contributed by atoms with Crippen molar-refractivity contribution in [1.82, 2.24) is 15.1 Å². The summed E-state index contributed by atoms with van der Waals surface area (Å²) in [6, 6.07) is 11.2. The predicted molar refractivity (Wildman–Crippen MR) is 100 cm³/mol. The molecule has 2 aliphatic heterocycles. The number of hydrogen-bond acceptors (Lipinski definition) is 3. The number of hydrogen-bond donors (Lipinski definition) is 1. The summed E-state index contributed by atoms with van der Waals surface area (Å²) < 4.78 is 0. The third kappa shape index (κ3) is 4.06. The Morgan fingerprint density at radius 1 is 0.960 bits per heavy atom. The number of nitrogens with one attached hydrogen (secondary N) is 1. The van der Waals surface area contributed by atoms with Crippen LogP contribution in [0.25, 0.3) is 0 Å². The Bertz CT molecular complexity index is 568. The lowest BCUT2D eigenvalue weighted by molar-refractivity contribution is -0.123. The highest BCUT2D eigenvalue weighted by molar-refractivity contribution is 5.81. The van der Waals surface area contributed by atoms with Crippen molar-refractivity contribution in [3.63, 3.8) is 0 Å². The fraction of sp³-hybridized carbons (Fsp3) is 0.667. The van der Waals surface area contributed by atoms with E-state index in [2.05, 4.69) is 45.4 Å². The van der Waals surface area contributed by atoms with Crippen molar-refractivity contribution in [2.75, 3.05) is 32.7 Å². The van der Waals surface area contributed by atoms with E-state index in [9.17, 15) is 4.79 Å². The third-order valence-corrected chi connectivity index (χ3v) is 6.47. The van der Waals surface area contributed by atoms with Crippen LogP contribution in [0.15, 0.2) is 30.3 Å². The lowest BCUT2D eigenvalue weighted by Gasteiger charge is -2.35. The third-order valence-electron chi connectivity index (χ3n) is 6.47. The predicted octanol–water partition coefficient (Wildman–Crippen LogP) is 2.50. The van der Waals surface area contributed by atoms with Crippen molar-refractivity contribution in [3.8, 4) is 0 Å². The summed E-state index contributed by atoms with van der Waals surface area (Å²) in [7, 11) is 0. The summed E-state index contributed by atoms with van der Waals surface area (Å²) in [6.07, 6.45) is 6.10. The lowest BCUT2D eigenvalue weighted by Crippen LogP contribution is -2.46. The Kier molecular flexibility index (Phi) is 5.37. The van der Waals surface area contributed by atoms with Crippen LogP contribution in [0.5, 0.6) is 0 Å². The molecule has 4 nitrogen and oxygen atoms in total. The molecule has 3 atom stereocenters. The molecule has 2 heterocycles. The van der Waals surface area contributed by atoms with Crippen molar-refractivity contribution in [1.29, 1.82) is 0 Å². The number of carbonyl (C=O) groups excluding carboxylic acids is 1. The molecule has 1 aromatic carbocycles. The van der Waals surface area contributed by atoms with Crippen LogP contribution in [0.1, 0.15) is 37.7 Å². The number of carbonyl (C=O) groups is 1. The van der Waals surface area contributed by atoms with Gasteiger partial charge in [0, 0.05) is 44.7 Å². The first-order valence-corrected chi connectivity index (χ1v) is 10.1. The highest BCUT2D eigenvalue weighted by Gasteiger charge is 2.42. The molecule has 3 fully saturated rings. The average Bonchev–Trinajstić information content (AvgIpc) is 2.97. The Hall–Kier alpha value is -1.39. The summed E-state index contributed by atoms with van der Waals surface area (Å²) in [5.74, 6) is 1.22. The quantitative estimate of drug-likeness (QED) is 0.894. The van der Waals surface area contributed by atoms with Crippen molar-refractivity contribution in [3.05, 3.63) is 35.9 Å². The SMILES string of the molecule is O=C1N[C@@H]2CCCC[C@H]2C1CCN1CCN(Cc2ccccc2)CC1. The van der Waals surface area contributed by atoms with Crippen LogP contribution in [-0.2, 0) is 11.3 Å². The Morgan fingerprint density at radius 2 is 1.68 bits per heavy atom. The lowest BCUT2D eigenvalue weighted by atomic mass is 9.78. The molecule has 0 bridgehead atoms. The van der Waals surface area contributed by atoms with Crippen LogP contribution < -0.4 is 5.32 Å². The van der Waals surface area contributed by atoms with E-state index in [4.69, 9.17) is 0 Å². The highest BCUT2D eigenvalue weighted by Crippen LogP contribution is 2.37. The summed E-state index contributed by atoms with van der Waals surface area (Å²) >= 11 is 0. The molecule has 136 valence electrons. The standard InChI is InChI=1S/C21H31N3O/c25-21-19(18-8-4-5-9-20(18)22-21)10-11-23-12-14-24(15-13-23)16-17-6-2-1-3-7-17/h1-3,6-7,18-20H,4-5,8-16H2,(H,22,25)/t18-,19?,20+/m0/s1. The summed E-state index contributed by atoms with van der Waals surface area (Å²) in [6.45, 7) is 6.68. The number of piperazine rings is 1. The molecule has 3 aliphatic rings. The zero-order valence-electron chi connectivity index (χ0n) is 15.2. The molecule has 1 unspecified atom stereocenters. The molecular weight excluding hydrogens is 310 g/mol. The molecule has 1 aliphatic carbocycles. The smallest absolute Gasteiger partial charge is 0.223 e. The van der Waals surface area contributed by atoms with E-state index in [1.54, 1.807) is 0 Å². The molecule has 1 saturated carbocycles. The van der Waals surface area contributed by atoms with Gasteiger partial charge in [0.15, 0.2) is 0 Å². The van der Waals surface area contributed by atoms with E-state index in [1.807, 2.05) is 0 Å². The minimum atomic E-state index is 0.271. The van der Waals surface area contributed by atoms with Gasteiger partial charge in [0.1, 0.15) is 0 Å². The first-order valence-electron chi connectivity index (χ1n) is 10.1. The molecule has 4 rings (SSSR count). The van der Waals surface area contributed by atoms with Crippen molar-refractivity contribution in [2.24, 2.45) is 11.8 Å². The molecule has 1 amide bonds. The maximum absolute atomic E-state index is 12.3. The van der Waals surface area contributed by atoms with Crippen LogP contribution in [0.3, 0.4) is 0 Å². The monoisotopic (exact) mass is 341 g/mol. The van der Waals surface area contributed by atoms with Crippen molar-refractivity contribution in [2.45, 2.75) is 44.7 Å². The van der Waals surface area contributed by atoms with Crippen molar-refractivity contribution >= 4 is 5.91 Å². The van der Waals surface area contributed by atoms with Crippen molar-refractivity contribution < 1.29 is 4.79 Å². The van der Waals surface area contributed by atoms with Crippen LogP contribution in [-0.4, -0.2) is 54.5 Å². The molecule has 1 aromatic rings. The molecule has 0 spiro atoms. The van der Waals surface area contributed by atoms with E-state index in [-0.39, 0.29) is 5.92 Å². The van der Waals surface area contributed by atoms with Gasteiger partial charge in [-0.3, -0.25) is 9.69 Å². The zero-order chi connectivity index (χ0) is 17.1. The zero-order valence-corrected chi connectivity index (χ0v) is 15.2. The summed E-state index contributed by atoms with van der Waals surface area (Å²) in [5.41, 5.74) is 1.40.